The molecule has 1 atom stereocenters. The monoisotopic (exact) mass is 281 g/mol. The number of hydrogen-bond donors (Lipinski definition) is 2. The first-order chi connectivity index (χ1) is 9.47. The average Bonchev–Trinajstić information content (AvgIpc) is 2.84. The highest BCUT2D eigenvalue weighted by Crippen LogP contribution is 2.14. The first kappa shape index (κ1) is 16.1. The van der Waals surface area contributed by atoms with Crippen LogP contribution in [-0.2, 0) is 4.79 Å². The number of rotatable bonds is 6. The summed E-state index contributed by atoms with van der Waals surface area (Å²) in [7, 11) is 0. The summed E-state index contributed by atoms with van der Waals surface area (Å²) in [6.07, 6.45) is 0. The molecule has 6 heteroatoms. The van der Waals surface area contributed by atoms with E-state index in [4.69, 9.17) is 4.42 Å². The van der Waals surface area contributed by atoms with Crippen LogP contribution in [0.3, 0.4) is 0 Å². The Morgan fingerprint density at radius 1 is 1.30 bits per heavy atom. The Balaban J connectivity index is 2.38. The maximum absolute atomic E-state index is 11.7. The quantitative estimate of drug-likeness (QED) is 0.835. The van der Waals surface area contributed by atoms with Gasteiger partial charge in [0.2, 0.25) is 5.91 Å². The molecule has 0 bridgehead atoms. The molecule has 112 valence electrons. The summed E-state index contributed by atoms with van der Waals surface area (Å²) in [6.45, 7) is 8.76. The Kier molecular flexibility index (Phi) is 6.09. The lowest BCUT2D eigenvalue weighted by Gasteiger charge is -2.19. The molecule has 1 rings (SSSR count). The summed E-state index contributed by atoms with van der Waals surface area (Å²) >= 11 is 0. The molecule has 0 aliphatic rings. The summed E-state index contributed by atoms with van der Waals surface area (Å²) in [6, 6.07) is 3.04. The molecule has 0 aliphatic heterocycles. The van der Waals surface area contributed by atoms with Crippen molar-refractivity contribution < 1.29 is 14.0 Å². The van der Waals surface area contributed by atoms with E-state index in [1.807, 2.05) is 39.8 Å². The number of furan rings is 1. The average molecular weight is 281 g/mol. The molecule has 6 nitrogen and oxygen atoms in total. The third-order valence-corrected chi connectivity index (χ3v) is 3.05. The molecule has 0 aromatic carbocycles. The molecule has 0 saturated carbocycles. The molecule has 1 aromatic rings. The zero-order valence-electron chi connectivity index (χ0n) is 12.5. The van der Waals surface area contributed by atoms with E-state index in [1.165, 1.54) is 0 Å². The normalized spacial score (nSPS) is 11.8. The van der Waals surface area contributed by atoms with E-state index in [1.54, 1.807) is 4.90 Å². The fourth-order valence-electron chi connectivity index (χ4n) is 1.85. The summed E-state index contributed by atoms with van der Waals surface area (Å²) < 4.78 is 5.43. The van der Waals surface area contributed by atoms with Crippen LogP contribution in [0.4, 0.5) is 4.79 Å². The zero-order valence-corrected chi connectivity index (χ0v) is 12.5. The van der Waals surface area contributed by atoms with Gasteiger partial charge in [-0.15, -0.1) is 0 Å². The van der Waals surface area contributed by atoms with Gasteiger partial charge in [-0.05, 0) is 39.8 Å². The Morgan fingerprint density at radius 3 is 2.45 bits per heavy atom. The van der Waals surface area contributed by atoms with Crippen LogP contribution < -0.4 is 10.6 Å². The number of aryl methyl sites for hydroxylation is 1. The van der Waals surface area contributed by atoms with E-state index >= 15 is 0 Å². The van der Waals surface area contributed by atoms with Gasteiger partial charge in [-0.25, -0.2) is 4.79 Å². The Morgan fingerprint density at radius 2 is 1.95 bits per heavy atom. The van der Waals surface area contributed by atoms with Crippen LogP contribution in [0.25, 0.3) is 0 Å². The van der Waals surface area contributed by atoms with Crippen molar-refractivity contribution in [1.29, 1.82) is 0 Å². The van der Waals surface area contributed by atoms with Gasteiger partial charge in [0, 0.05) is 13.1 Å². The lowest BCUT2D eigenvalue weighted by atomic mass is 10.2. The van der Waals surface area contributed by atoms with Crippen LogP contribution >= 0.6 is 0 Å². The van der Waals surface area contributed by atoms with Crippen LogP contribution in [0.15, 0.2) is 16.5 Å². The van der Waals surface area contributed by atoms with Crippen molar-refractivity contribution in [2.45, 2.75) is 33.7 Å². The molecule has 1 aromatic heterocycles. The second-order valence-electron chi connectivity index (χ2n) is 4.56. The van der Waals surface area contributed by atoms with E-state index in [0.29, 0.717) is 18.8 Å². The summed E-state index contributed by atoms with van der Waals surface area (Å²) in [5.41, 5.74) is 0. The van der Waals surface area contributed by atoms with Crippen molar-refractivity contribution >= 4 is 11.9 Å². The largest absolute Gasteiger partial charge is 0.464 e. The van der Waals surface area contributed by atoms with Gasteiger partial charge in [0.05, 0.1) is 12.6 Å². The molecule has 20 heavy (non-hydrogen) atoms. The molecule has 1 heterocycles. The smallest absolute Gasteiger partial charge is 0.315 e. The highest BCUT2D eigenvalue weighted by molar-refractivity contribution is 5.84. The SMILES string of the molecule is CCN(CC)C(=O)CNC(=O)NC(C)c1ccc(C)o1. The van der Waals surface area contributed by atoms with Gasteiger partial charge >= 0.3 is 6.03 Å². The topological polar surface area (TPSA) is 74.6 Å². The van der Waals surface area contributed by atoms with Gasteiger partial charge in [-0.1, -0.05) is 0 Å². The summed E-state index contributed by atoms with van der Waals surface area (Å²) in [5, 5.41) is 5.28. The van der Waals surface area contributed by atoms with Crippen LogP contribution in [-0.4, -0.2) is 36.5 Å². The van der Waals surface area contributed by atoms with E-state index in [2.05, 4.69) is 10.6 Å². The zero-order chi connectivity index (χ0) is 15.1. The van der Waals surface area contributed by atoms with Gasteiger partial charge in [0.1, 0.15) is 11.5 Å². The van der Waals surface area contributed by atoms with Crippen LogP contribution in [0.2, 0.25) is 0 Å². The standard InChI is InChI=1S/C14H23N3O3/c1-5-17(6-2)13(18)9-15-14(19)16-11(4)12-8-7-10(3)20-12/h7-8,11H,5-6,9H2,1-4H3,(H2,15,16,19). The Labute approximate surface area is 119 Å². The number of carbonyl (C=O) groups is 2. The molecule has 0 saturated heterocycles. The lowest BCUT2D eigenvalue weighted by molar-refractivity contribution is -0.129. The first-order valence-corrected chi connectivity index (χ1v) is 6.86. The second-order valence-corrected chi connectivity index (χ2v) is 4.56. The van der Waals surface area contributed by atoms with Crippen molar-refractivity contribution in [1.82, 2.24) is 15.5 Å². The van der Waals surface area contributed by atoms with E-state index in [-0.39, 0.29) is 24.5 Å². The number of hydrogen-bond acceptors (Lipinski definition) is 3. The predicted molar refractivity (Wildman–Crippen MR) is 76.3 cm³/mol. The fraction of sp³-hybridized carbons (Fsp3) is 0.571. The third-order valence-electron chi connectivity index (χ3n) is 3.05. The maximum Gasteiger partial charge on any atom is 0.315 e. The summed E-state index contributed by atoms with van der Waals surface area (Å²) in [5.74, 6) is 1.39. The second kappa shape index (κ2) is 7.57. The molecule has 0 spiro atoms. The minimum atomic E-state index is -0.382. The summed E-state index contributed by atoms with van der Waals surface area (Å²) in [4.78, 5) is 25.1. The van der Waals surface area contributed by atoms with Gasteiger partial charge in [0.25, 0.3) is 0 Å². The Bertz CT molecular complexity index is 452. The predicted octanol–water partition coefficient (Wildman–Crippen LogP) is 1.82. The number of urea groups is 1. The first-order valence-electron chi connectivity index (χ1n) is 6.86. The number of nitrogens with one attached hydrogen (secondary N) is 2. The molecule has 3 amide bonds. The fourth-order valence-corrected chi connectivity index (χ4v) is 1.85. The van der Waals surface area contributed by atoms with Crippen molar-refractivity contribution in [2.75, 3.05) is 19.6 Å². The third kappa shape index (κ3) is 4.60. The van der Waals surface area contributed by atoms with Crippen molar-refractivity contribution in [3.8, 4) is 0 Å². The highest BCUT2D eigenvalue weighted by Gasteiger charge is 2.14. The van der Waals surface area contributed by atoms with Crippen molar-refractivity contribution in [3.05, 3.63) is 23.7 Å². The molecule has 0 fully saturated rings. The van der Waals surface area contributed by atoms with Crippen molar-refractivity contribution in [2.24, 2.45) is 0 Å². The van der Waals surface area contributed by atoms with E-state index in [9.17, 15) is 9.59 Å². The van der Waals surface area contributed by atoms with Crippen LogP contribution in [0.1, 0.15) is 38.3 Å². The highest BCUT2D eigenvalue weighted by atomic mass is 16.3. The molecule has 2 N–H and O–H groups in total. The number of carbonyl (C=O) groups excluding carboxylic acids is 2. The van der Waals surface area contributed by atoms with Crippen molar-refractivity contribution in [3.63, 3.8) is 0 Å². The van der Waals surface area contributed by atoms with E-state index < -0.39 is 0 Å². The molecule has 1 unspecified atom stereocenters. The molecular formula is C14H23N3O3. The van der Waals surface area contributed by atoms with Crippen LogP contribution in [0, 0.1) is 6.92 Å². The van der Waals surface area contributed by atoms with Gasteiger partial charge in [-0.2, -0.15) is 0 Å². The van der Waals surface area contributed by atoms with Gasteiger partial charge in [-0.3, -0.25) is 4.79 Å². The molecular weight excluding hydrogens is 258 g/mol. The molecule has 0 aliphatic carbocycles. The Hall–Kier alpha value is -1.98. The maximum atomic E-state index is 11.7. The minimum Gasteiger partial charge on any atom is -0.464 e. The van der Waals surface area contributed by atoms with E-state index in [0.717, 1.165) is 5.76 Å². The lowest BCUT2D eigenvalue weighted by Crippen LogP contribution is -2.44. The number of likely N-dealkylation sites (N-methyl/N-ethyl adjacent to an activating group) is 1. The van der Waals surface area contributed by atoms with Crippen LogP contribution in [0.5, 0.6) is 0 Å². The number of nitrogens with zero attached hydrogens (tertiary/aromatic N) is 1. The molecule has 0 radical (unpaired) electrons. The van der Waals surface area contributed by atoms with Gasteiger partial charge < -0.3 is 20.0 Å². The minimum absolute atomic E-state index is 0.00256. The van der Waals surface area contributed by atoms with Gasteiger partial charge in [0.15, 0.2) is 0 Å². The number of amides is 3.